The molecule has 0 unspecified atom stereocenters. The molecular weight excluding hydrogens is 280 g/mol. The Bertz CT molecular complexity index is 518. The second-order valence-corrected chi connectivity index (χ2v) is 4.10. The molecule has 116 valence electrons. The number of nitrogens with zero attached hydrogens (tertiary/aromatic N) is 1. The molecular formula is C13H18N2O6. The Morgan fingerprint density at radius 1 is 1.29 bits per heavy atom. The van der Waals surface area contributed by atoms with Gasteiger partial charge in [0, 0.05) is 6.54 Å². The number of nitro benzene ring substituents is 1. The summed E-state index contributed by atoms with van der Waals surface area (Å²) < 4.78 is 15.0. The van der Waals surface area contributed by atoms with Gasteiger partial charge in [-0.05, 0) is 12.5 Å². The number of nitro groups is 1. The van der Waals surface area contributed by atoms with Crippen LogP contribution in [0.4, 0.5) is 10.5 Å². The van der Waals surface area contributed by atoms with Crippen molar-refractivity contribution in [1.29, 1.82) is 0 Å². The molecule has 0 aliphatic heterocycles. The molecule has 0 bridgehead atoms. The minimum atomic E-state index is -0.624. The molecule has 0 spiro atoms. The maximum Gasteiger partial charge on any atom is 0.407 e. The van der Waals surface area contributed by atoms with E-state index in [2.05, 4.69) is 5.32 Å². The third-order valence-electron chi connectivity index (χ3n) is 2.66. The Morgan fingerprint density at radius 3 is 2.43 bits per heavy atom. The van der Waals surface area contributed by atoms with E-state index in [4.69, 9.17) is 14.2 Å². The van der Waals surface area contributed by atoms with E-state index in [9.17, 15) is 14.9 Å². The highest BCUT2D eigenvalue weighted by molar-refractivity contribution is 5.67. The predicted octanol–water partition coefficient (Wildman–Crippen LogP) is 2.25. The molecule has 0 aliphatic carbocycles. The first-order chi connectivity index (χ1) is 10.0. The quantitative estimate of drug-likeness (QED) is 0.612. The van der Waals surface area contributed by atoms with E-state index < -0.39 is 11.0 Å². The van der Waals surface area contributed by atoms with Crippen LogP contribution >= 0.6 is 0 Å². The summed E-state index contributed by atoms with van der Waals surface area (Å²) in [6.45, 7) is 2.15. The highest BCUT2D eigenvalue weighted by Crippen LogP contribution is 2.34. The SMILES string of the molecule is CCCNC(=O)OCc1cc(OC)c(OC)cc1[N+](=O)[O-]. The molecule has 0 aliphatic rings. The number of benzene rings is 1. The molecule has 0 saturated heterocycles. The molecule has 0 fully saturated rings. The van der Waals surface area contributed by atoms with Gasteiger partial charge in [0.1, 0.15) is 6.61 Å². The Labute approximate surface area is 122 Å². The molecule has 0 heterocycles. The van der Waals surface area contributed by atoms with Gasteiger partial charge in [0.25, 0.3) is 5.69 Å². The summed E-state index contributed by atoms with van der Waals surface area (Å²) in [4.78, 5) is 21.9. The molecule has 1 N–H and O–H groups in total. The van der Waals surface area contributed by atoms with E-state index in [1.54, 1.807) is 0 Å². The smallest absolute Gasteiger partial charge is 0.407 e. The van der Waals surface area contributed by atoms with Crippen molar-refractivity contribution in [2.75, 3.05) is 20.8 Å². The molecule has 8 heteroatoms. The van der Waals surface area contributed by atoms with E-state index in [0.717, 1.165) is 6.42 Å². The molecule has 0 radical (unpaired) electrons. The Morgan fingerprint density at radius 2 is 1.90 bits per heavy atom. The topological polar surface area (TPSA) is 99.9 Å². The van der Waals surface area contributed by atoms with Crippen molar-refractivity contribution in [1.82, 2.24) is 5.32 Å². The lowest BCUT2D eigenvalue weighted by Crippen LogP contribution is -2.24. The lowest BCUT2D eigenvalue weighted by molar-refractivity contribution is -0.385. The average molecular weight is 298 g/mol. The third kappa shape index (κ3) is 4.51. The van der Waals surface area contributed by atoms with Crippen LogP contribution in [-0.2, 0) is 11.3 Å². The fourth-order valence-corrected chi connectivity index (χ4v) is 1.62. The number of methoxy groups -OCH3 is 2. The van der Waals surface area contributed by atoms with Crippen LogP contribution < -0.4 is 14.8 Å². The molecule has 1 aromatic carbocycles. The number of nitrogens with one attached hydrogen (secondary N) is 1. The molecule has 0 aromatic heterocycles. The zero-order valence-corrected chi connectivity index (χ0v) is 12.2. The lowest BCUT2D eigenvalue weighted by atomic mass is 10.1. The van der Waals surface area contributed by atoms with Crippen LogP contribution in [-0.4, -0.2) is 31.8 Å². The fourth-order valence-electron chi connectivity index (χ4n) is 1.62. The summed E-state index contributed by atoms with van der Waals surface area (Å²) in [6, 6.07) is 2.66. The predicted molar refractivity (Wildman–Crippen MR) is 74.7 cm³/mol. The largest absolute Gasteiger partial charge is 0.493 e. The van der Waals surface area contributed by atoms with Crippen LogP contribution in [0.5, 0.6) is 11.5 Å². The van der Waals surface area contributed by atoms with Gasteiger partial charge in [0.2, 0.25) is 0 Å². The summed E-state index contributed by atoms with van der Waals surface area (Å²) >= 11 is 0. The van der Waals surface area contributed by atoms with Crippen LogP contribution in [0, 0.1) is 10.1 Å². The van der Waals surface area contributed by atoms with Gasteiger partial charge in [0.05, 0.1) is 30.8 Å². The standard InChI is InChI=1S/C13H18N2O6/c1-4-5-14-13(16)21-8-9-6-11(19-2)12(20-3)7-10(9)15(17)18/h6-7H,4-5,8H2,1-3H3,(H,14,16). The average Bonchev–Trinajstić information content (AvgIpc) is 2.49. The van der Waals surface area contributed by atoms with Crippen LogP contribution in [0.1, 0.15) is 18.9 Å². The van der Waals surface area contributed by atoms with E-state index in [1.807, 2.05) is 6.92 Å². The first kappa shape index (κ1) is 16.5. The summed E-state index contributed by atoms with van der Waals surface area (Å²) in [6.07, 6.45) is 0.145. The molecule has 1 aromatic rings. The van der Waals surface area contributed by atoms with Crippen molar-refractivity contribution < 1.29 is 23.9 Å². The molecule has 0 atom stereocenters. The molecule has 0 saturated carbocycles. The second kappa shape index (κ2) is 7.93. The van der Waals surface area contributed by atoms with Crippen molar-refractivity contribution >= 4 is 11.8 Å². The number of carbonyl (C=O) groups is 1. The number of hydrogen-bond donors (Lipinski definition) is 1. The van der Waals surface area contributed by atoms with Crippen molar-refractivity contribution in [3.05, 3.63) is 27.8 Å². The van der Waals surface area contributed by atoms with Gasteiger partial charge in [-0.1, -0.05) is 6.92 Å². The number of rotatable bonds is 7. The van der Waals surface area contributed by atoms with Crippen molar-refractivity contribution in [2.45, 2.75) is 20.0 Å². The van der Waals surface area contributed by atoms with Crippen molar-refractivity contribution in [3.63, 3.8) is 0 Å². The zero-order chi connectivity index (χ0) is 15.8. The maximum atomic E-state index is 11.4. The highest BCUT2D eigenvalue weighted by atomic mass is 16.6. The molecule has 1 rings (SSSR count). The maximum absolute atomic E-state index is 11.4. The third-order valence-corrected chi connectivity index (χ3v) is 2.66. The number of amides is 1. The zero-order valence-electron chi connectivity index (χ0n) is 12.2. The number of alkyl carbamates (subject to hydrolysis) is 1. The van der Waals surface area contributed by atoms with Crippen LogP contribution in [0.15, 0.2) is 12.1 Å². The van der Waals surface area contributed by atoms with Gasteiger partial charge in [-0.15, -0.1) is 0 Å². The van der Waals surface area contributed by atoms with E-state index in [0.29, 0.717) is 12.3 Å². The van der Waals surface area contributed by atoms with Gasteiger partial charge >= 0.3 is 6.09 Å². The monoisotopic (exact) mass is 298 g/mol. The summed E-state index contributed by atoms with van der Waals surface area (Å²) in [5.74, 6) is 0.569. The Balaban J connectivity index is 2.93. The minimum absolute atomic E-state index is 0.198. The van der Waals surface area contributed by atoms with E-state index in [-0.39, 0.29) is 23.6 Å². The summed E-state index contributed by atoms with van der Waals surface area (Å²) in [5.41, 5.74) is 0.0280. The molecule has 1 amide bonds. The number of ether oxygens (including phenoxy) is 3. The second-order valence-electron chi connectivity index (χ2n) is 4.10. The van der Waals surface area contributed by atoms with Crippen molar-refractivity contribution in [2.24, 2.45) is 0 Å². The Kier molecular flexibility index (Phi) is 6.25. The van der Waals surface area contributed by atoms with Gasteiger partial charge in [-0.3, -0.25) is 10.1 Å². The van der Waals surface area contributed by atoms with Gasteiger partial charge < -0.3 is 19.5 Å². The number of carbonyl (C=O) groups excluding carboxylic acids is 1. The van der Waals surface area contributed by atoms with Crippen LogP contribution in [0.2, 0.25) is 0 Å². The van der Waals surface area contributed by atoms with Gasteiger partial charge in [-0.25, -0.2) is 4.79 Å². The normalized spacial score (nSPS) is 9.86. The lowest BCUT2D eigenvalue weighted by Gasteiger charge is -2.11. The first-order valence-electron chi connectivity index (χ1n) is 6.33. The molecule has 21 heavy (non-hydrogen) atoms. The minimum Gasteiger partial charge on any atom is -0.493 e. The van der Waals surface area contributed by atoms with Crippen molar-refractivity contribution in [3.8, 4) is 11.5 Å². The summed E-state index contributed by atoms with van der Waals surface area (Å²) in [7, 11) is 2.80. The van der Waals surface area contributed by atoms with E-state index in [1.165, 1.54) is 26.4 Å². The van der Waals surface area contributed by atoms with Crippen LogP contribution in [0.25, 0.3) is 0 Å². The summed E-state index contributed by atoms with van der Waals surface area (Å²) in [5, 5.41) is 13.6. The Hall–Kier alpha value is -2.51. The highest BCUT2D eigenvalue weighted by Gasteiger charge is 2.20. The fraction of sp³-hybridized carbons (Fsp3) is 0.462. The first-order valence-corrected chi connectivity index (χ1v) is 6.33. The van der Waals surface area contributed by atoms with Gasteiger partial charge in [-0.2, -0.15) is 0 Å². The molecule has 8 nitrogen and oxygen atoms in total. The van der Waals surface area contributed by atoms with E-state index >= 15 is 0 Å². The number of hydrogen-bond acceptors (Lipinski definition) is 6. The van der Waals surface area contributed by atoms with Crippen LogP contribution in [0.3, 0.4) is 0 Å². The van der Waals surface area contributed by atoms with Gasteiger partial charge in [0.15, 0.2) is 11.5 Å².